The number of carbonyl (C=O) groups is 1. The summed E-state index contributed by atoms with van der Waals surface area (Å²) in [4.78, 5) is 12.2. The molecular weight excluding hydrogens is 248 g/mol. The van der Waals surface area contributed by atoms with Gasteiger partial charge in [-0.3, -0.25) is 4.79 Å². The van der Waals surface area contributed by atoms with E-state index in [2.05, 4.69) is 6.58 Å². The number of carbonyl (C=O) groups excluding carboxylic acids is 1. The summed E-state index contributed by atoms with van der Waals surface area (Å²) < 4.78 is 0. The number of allylic oxidation sites excluding steroid dienone is 3. The molecule has 92 valence electrons. The molecule has 0 unspecified atom stereocenters. The Kier molecular flexibility index (Phi) is 2.49. The van der Waals surface area contributed by atoms with Crippen molar-refractivity contribution in [3.8, 4) is 12.1 Å². The van der Waals surface area contributed by atoms with E-state index in [1.165, 1.54) is 0 Å². The highest BCUT2D eigenvalue weighted by molar-refractivity contribution is 6.28. The van der Waals surface area contributed by atoms with Gasteiger partial charge < -0.3 is 0 Å². The Hall–Kier alpha value is -3.17. The third-order valence-corrected chi connectivity index (χ3v) is 3.45. The van der Waals surface area contributed by atoms with Gasteiger partial charge in [0.1, 0.15) is 17.7 Å². The Bertz CT molecular complexity index is 889. The Morgan fingerprint density at radius 2 is 1.55 bits per heavy atom. The van der Waals surface area contributed by atoms with E-state index >= 15 is 0 Å². The van der Waals surface area contributed by atoms with Gasteiger partial charge in [-0.2, -0.15) is 10.5 Å². The molecule has 3 rings (SSSR count). The molecule has 3 nitrogen and oxygen atoms in total. The van der Waals surface area contributed by atoms with Gasteiger partial charge in [0.25, 0.3) is 0 Å². The summed E-state index contributed by atoms with van der Waals surface area (Å²) in [5.41, 5.74) is 1.63. The fourth-order valence-corrected chi connectivity index (χ4v) is 2.50. The molecule has 0 aliphatic heterocycles. The summed E-state index contributed by atoms with van der Waals surface area (Å²) in [5, 5.41) is 20.0. The smallest absolute Gasteiger partial charge is 0.193 e. The average Bonchev–Trinajstić information content (AvgIpc) is 2.71. The van der Waals surface area contributed by atoms with Crippen molar-refractivity contribution in [2.45, 2.75) is 0 Å². The van der Waals surface area contributed by atoms with Gasteiger partial charge in [-0.05, 0) is 28.5 Å². The molecule has 2 aromatic rings. The monoisotopic (exact) mass is 256 g/mol. The average molecular weight is 256 g/mol. The van der Waals surface area contributed by atoms with E-state index in [4.69, 9.17) is 10.5 Å². The molecule has 0 atom stereocenters. The minimum atomic E-state index is -0.219. The molecule has 20 heavy (non-hydrogen) atoms. The summed E-state index contributed by atoms with van der Waals surface area (Å²) in [5.74, 6) is -0.219. The molecule has 0 bridgehead atoms. The second kappa shape index (κ2) is 4.19. The first kappa shape index (κ1) is 11.9. The van der Waals surface area contributed by atoms with Crippen LogP contribution in [0.4, 0.5) is 0 Å². The summed E-state index contributed by atoms with van der Waals surface area (Å²) >= 11 is 0. The molecule has 0 saturated heterocycles. The Morgan fingerprint density at radius 1 is 1.00 bits per heavy atom. The predicted octanol–water partition coefficient (Wildman–Crippen LogP) is 3.39. The first-order chi connectivity index (χ1) is 9.67. The van der Waals surface area contributed by atoms with E-state index in [-0.39, 0.29) is 16.9 Å². The van der Waals surface area contributed by atoms with E-state index < -0.39 is 0 Å². The van der Waals surface area contributed by atoms with Crippen molar-refractivity contribution in [3.63, 3.8) is 0 Å². The van der Waals surface area contributed by atoms with Crippen LogP contribution in [0.2, 0.25) is 0 Å². The highest BCUT2D eigenvalue weighted by Crippen LogP contribution is 2.39. The molecule has 0 radical (unpaired) electrons. The second-order valence-electron chi connectivity index (χ2n) is 4.53. The van der Waals surface area contributed by atoms with Gasteiger partial charge in [-0.1, -0.05) is 30.8 Å². The van der Waals surface area contributed by atoms with Gasteiger partial charge in [0, 0.05) is 16.7 Å². The number of fused-ring (bicyclic) bond motifs is 2. The zero-order valence-corrected chi connectivity index (χ0v) is 10.5. The maximum Gasteiger partial charge on any atom is 0.193 e. The van der Waals surface area contributed by atoms with Crippen LogP contribution < -0.4 is 0 Å². The number of nitriles is 2. The number of rotatable bonds is 0. The minimum absolute atomic E-state index is 0.0719. The van der Waals surface area contributed by atoms with Gasteiger partial charge in [-0.25, -0.2) is 0 Å². The van der Waals surface area contributed by atoms with E-state index in [0.717, 1.165) is 10.8 Å². The van der Waals surface area contributed by atoms with Crippen molar-refractivity contribution >= 4 is 22.1 Å². The number of nitrogens with zero attached hydrogens (tertiary/aromatic N) is 2. The summed E-state index contributed by atoms with van der Waals surface area (Å²) in [6.45, 7) is 3.73. The lowest BCUT2D eigenvalue weighted by atomic mass is 9.98. The van der Waals surface area contributed by atoms with E-state index in [1.54, 1.807) is 6.07 Å². The fourth-order valence-electron chi connectivity index (χ4n) is 2.50. The molecule has 1 aliphatic carbocycles. The van der Waals surface area contributed by atoms with Crippen LogP contribution in [0.5, 0.6) is 0 Å². The molecule has 0 fully saturated rings. The van der Waals surface area contributed by atoms with Gasteiger partial charge in [0.15, 0.2) is 5.78 Å². The summed E-state index contributed by atoms with van der Waals surface area (Å²) in [6, 6.07) is 15.0. The maximum atomic E-state index is 12.2. The largest absolute Gasteiger partial charge is 0.289 e. The molecule has 3 heteroatoms. The zero-order valence-electron chi connectivity index (χ0n) is 10.5. The Morgan fingerprint density at radius 3 is 2.10 bits per heavy atom. The van der Waals surface area contributed by atoms with Crippen LogP contribution >= 0.6 is 0 Å². The molecular formula is C17H8N2O. The van der Waals surface area contributed by atoms with Gasteiger partial charge in [0.2, 0.25) is 0 Å². The lowest BCUT2D eigenvalue weighted by molar-refractivity contribution is 0.104. The van der Waals surface area contributed by atoms with Crippen molar-refractivity contribution in [1.29, 1.82) is 10.5 Å². The maximum absolute atomic E-state index is 12.2. The molecule has 1 aliphatic rings. The highest BCUT2D eigenvalue weighted by atomic mass is 16.1. The lowest BCUT2D eigenvalue weighted by Gasteiger charge is -2.03. The Balaban J connectivity index is 2.44. The number of hydrogen-bond acceptors (Lipinski definition) is 3. The molecule has 2 aromatic carbocycles. The third kappa shape index (κ3) is 1.48. The number of ketones is 1. The second-order valence-corrected chi connectivity index (χ2v) is 4.53. The quantitative estimate of drug-likeness (QED) is 0.536. The highest BCUT2D eigenvalue weighted by Gasteiger charge is 2.31. The molecule has 0 amide bonds. The van der Waals surface area contributed by atoms with E-state index in [0.29, 0.717) is 16.7 Å². The fraction of sp³-hybridized carbons (Fsp3) is 0. The van der Waals surface area contributed by atoms with Crippen molar-refractivity contribution in [3.05, 3.63) is 65.3 Å². The first-order valence-electron chi connectivity index (χ1n) is 5.99. The van der Waals surface area contributed by atoms with Crippen LogP contribution in [0.1, 0.15) is 15.9 Å². The van der Waals surface area contributed by atoms with Gasteiger partial charge in [0.05, 0.1) is 0 Å². The SMILES string of the molecule is C=C1C(=O)c2cc3ccccc3cc2C1=C(C#N)C#N. The van der Waals surface area contributed by atoms with Crippen molar-refractivity contribution in [2.75, 3.05) is 0 Å². The molecule has 0 N–H and O–H groups in total. The predicted molar refractivity (Wildman–Crippen MR) is 75.6 cm³/mol. The molecule has 0 aromatic heterocycles. The lowest BCUT2D eigenvalue weighted by Crippen LogP contribution is -1.93. The standard InChI is InChI=1S/C17H8N2O/c1-10-16(13(8-18)9-19)14-6-11-4-2-3-5-12(11)7-15(14)17(10)20/h2-7H,1H2. The van der Waals surface area contributed by atoms with Crippen LogP contribution in [0.15, 0.2) is 54.1 Å². The van der Waals surface area contributed by atoms with Crippen molar-refractivity contribution in [2.24, 2.45) is 0 Å². The first-order valence-corrected chi connectivity index (χ1v) is 5.99. The van der Waals surface area contributed by atoms with Crippen LogP contribution in [-0.2, 0) is 0 Å². The van der Waals surface area contributed by atoms with Gasteiger partial charge >= 0.3 is 0 Å². The summed E-state index contributed by atoms with van der Waals surface area (Å²) in [6.07, 6.45) is 0. The van der Waals surface area contributed by atoms with Crippen LogP contribution in [0, 0.1) is 22.7 Å². The summed E-state index contributed by atoms with van der Waals surface area (Å²) in [7, 11) is 0. The van der Waals surface area contributed by atoms with Crippen LogP contribution in [0.25, 0.3) is 16.3 Å². The number of benzene rings is 2. The van der Waals surface area contributed by atoms with Crippen molar-refractivity contribution < 1.29 is 4.79 Å². The third-order valence-electron chi connectivity index (χ3n) is 3.45. The number of hydrogen-bond donors (Lipinski definition) is 0. The van der Waals surface area contributed by atoms with Crippen LogP contribution in [0.3, 0.4) is 0 Å². The topological polar surface area (TPSA) is 64.7 Å². The van der Waals surface area contributed by atoms with E-state index in [1.807, 2.05) is 42.5 Å². The van der Waals surface area contributed by atoms with Crippen LogP contribution in [-0.4, -0.2) is 5.78 Å². The number of Topliss-reactive ketones (excluding diaryl/α,β-unsaturated/α-hetero) is 1. The minimum Gasteiger partial charge on any atom is -0.289 e. The molecule has 0 saturated carbocycles. The Labute approximate surface area is 115 Å². The van der Waals surface area contributed by atoms with Gasteiger partial charge in [-0.15, -0.1) is 0 Å². The molecule has 0 spiro atoms. The molecule has 0 heterocycles. The van der Waals surface area contributed by atoms with E-state index in [9.17, 15) is 4.79 Å². The zero-order chi connectivity index (χ0) is 14.3. The van der Waals surface area contributed by atoms with Crippen molar-refractivity contribution in [1.82, 2.24) is 0 Å². The normalized spacial score (nSPS) is 13.0.